The normalized spacial score (nSPS) is 14.7. The molecule has 1 heteroatoms. The van der Waals surface area contributed by atoms with Gasteiger partial charge in [0.15, 0.2) is 0 Å². The van der Waals surface area contributed by atoms with Crippen LogP contribution in [0.2, 0.25) is 0 Å². The van der Waals surface area contributed by atoms with Gasteiger partial charge in [0.05, 0.1) is 5.69 Å². The molecule has 8 aromatic carbocycles. The number of benzene rings is 8. The summed E-state index contributed by atoms with van der Waals surface area (Å²) in [6.07, 6.45) is 0.946. The molecule has 0 bridgehead atoms. The van der Waals surface area contributed by atoms with Crippen LogP contribution in [0.15, 0.2) is 164 Å². The molecule has 0 saturated carbocycles. The highest BCUT2D eigenvalue weighted by Crippen LogP contribution is 2.58. The van der Waals surface area contributed by atoms with E-state index >= 15 is 0 Å². The van der Waals surface area contributed by atoms with Gasteiger partial charge >= 0.3 is 0 Å². The van der Waals surface area contributed by atoms with Gasteiger partial charge in [-0.3, -0.25) is 0 Å². The van der Waals surface area contributed by atoms with E-state index in [1.165, 1.54) is 94.3 Å². The van der Waals surface area contributed by atoms with E-state index in [9.17, 15) is 0 Å². The number of rotatable bonds is 7. The van der Waals surface area contributed by atoms with Crippen LogP contribution in [0.25, 0.3) is 33.0 Å². The second-order valence-corrected chi connectivity index (χ2v) is 18.0. The van der Waals surface area contributed by atoms with Gasteiger partial charge in [0, 0.05) is 33.5 Å². The number of anilines is 3. The summed E-state index contributed by atoms with van der Waals surface area (Å²) in [5.41, 5.74) is 22.3. The Morgan fingerprint density at radius 1 is 0.431 bits per heavy atom. The van der Waals surface area contributed by atoms with Crippen LogP contribution in [0, 0.1) is 20.8 Å². The van der Waals surface area contributed by atoms with Crippen LogP contribution in [0.3, 0.4) is 0 Å². The summed E-state index contributed by atoms with van der Waals surface area (Å²) in [5.74, 6) is 0.240. The lowest BCUT2D eigenvalue weighted by Gasteiger charge is -2.30. The van der Waals surface area contributed by atoms with Crippen LogP contribution >= 0.6 is 0 Å². The standard InChI is InChI=1S/C57H51N/c1-36-16-22-39(23-17-36)32-47(40-24-18-37(2)19-25-40)41-26-30-43(31-27-41)58(42-28-20-38(3)21-29-42)54-35-53-55(46-14-9-8-13-45(46)54)49-34-51-48(33-52(49)57(53,6)7)44-12-10-11-15-50(44)56(51,4)5/h8-31,33-35,47H,32H2,1-7H3. The van der Waals surface area contributed by atoms with Gasteiger partial charge in [0.1, 0.15) is 0 Å². The first-order chi connectivity index (χ1) is 28.0. The van der Waals surface area contributed by atoms with Crippen LogP contribution in [0.5, 0.6) is 0 Å². The van der Waals surface area contributed by atoms with Gasteiger partial charge in [-0.2, -0.15) is 0 Å². The van der Waals surface area contributed by atoms with E-state index in [0.29, 0.717) is 0 Å². The van der Waals surface area contributed by atoms with Crippen LogP contribution in [0.1, 0.15) is 89.2 Å². The quantitative estimate of drug-likeness (QED) is 0.157. The maximum atomic E-state index is 2.54. The van der Waals surface area contributed by atoms with E-state index in [1.807, 2.05) is 0 Å². The molecular weight excluding hydrogens is 699 g/mol. The van der Waals surface area contributed by atoms with Gasteiger partial charge < -0.3 is 4.90 Å². The summed E-state index contributed by atoms with van der Waals surface area (Å²) < 4.78 is 0. The third-order valence-corrected chi connectivity index (χ3v) is 13.5. The van der Waals surface area contributed by atoms with Crippen molar-refractivity contribution in [1.82, 2.24) is 0 Å². The second kappa shape index (κ2) is 13.5. The van der Waals surface area contributed by atoms with Gasteiger partial charge in [-0.15, -0.1) is 0 Å². The molecule has 0 radical (unpaired) electrons. The molecule has 0 fully saturated rings. The molecule has 8 aromatic rings. The van der Waals surface area contributed by atoms with E-state index in [2.05, 4.69) is 217 Å². The molecule has 1 nitrogen and oxygen atoms in total. The lowest BCUT2D eigenvalue weighted by molar-refractivity contribution is 0.652. The highest BCUT2D eigenvalue weighted by Gasteiger charge is 2.42. The molecule has 1 unspecified atom stereocenters. The first-order valence-electron chi connectivity index (χ1n) is 20.9. The molecule has 2 aliphatic carbocycles. The Labute approximate surface area is 344 Å². The Morgan fingerprint density at radius 3 is 1.57 bits per heavy atom. The first kappa shape index (κ1) is 36.2. The average molecular weight is 750 g/mol. The zero-order chi connectivity index (χ0) is 39.9. The van der Waals surface area contributed by atoms with Crippen LogP contribution in [-0.2, 0) is 17.3 Å². The molecule has 2 aliphatic rings. The Bertz CT molecular complexity index is 2850. The minimum absolute atomic E-state index is 0.0589. The summed E-state index contributed by atoms with van der Waals surface area (Å²) >= 11 is 0. The number of hydrogen-bond donors (Lipinski definition) is 0. The van der Waals surface area contributed by atoms with Crippen molar-refractivity contribution in [3.63, 3.8) is 0 Å². The molecule has 0 aliphatic heterocycles. The molecule has 0 N–H and O–H groups in total. The molecule has 1 atom stereocenters. The van der Waals surface area contributed by atoms with Crippen molar-refractivity contribution < 1.29 is 0 Å². The van der Waals surface area contributed by atoms with Crippen LogP contribution in [-0.4, -0.2) is 0 Å². The Hall–Kier alpha value is -6.18. The third-order valence-electron chi connectivity index (χ3n) is 13.5. The second-order valence-electron chi connectivity index (χ2n) is 18.0. The molecule has 0 amide bonds. The number of aryl methyl sites for hydroxylation is 3. The number of nitrogens with zero attached hydrogens (tertiary/aromatic N) is 1. The highest BCUT2D eigenvalue weighted by atomic mass is 15.1. The third kappa shape index (κ3) is 5.74. The largest absolute Gasteiger partial charge is 0.310 e. The average Bonchev–Trinajstić information content (AvgIpc) is 3.60. The topological polar surface area (TPSA) is 3.24 Å². The van der Waals surface area contributed by atoms with Crippen molar-refractivity contribution >= 4 is 27.8 Å². The molecule has 10 rings (SSSR count). The van der Waals surface area contributed by atoms with Crippen LogP contribution < -0.4 is 4.90 Å². The van der Waals surface area contributed by atoms with Gasteiger partial charge in [-0.05, 0) is 136 Å². The fourth-order valence-corrected chi connectivity index (χ4v) is 10.1. The first-order valence-corrected chi connectivity index (χ1v) is 20.9. The Kier molecular flexibility index (Phi) is 8.39. The fraction of sp³-hybridized carbons (Fsp3) is 0.193. The maximum absolute atomic E-state index is 2.54. The zero-order valence-electron chi connectivity index (χ0n) is 34.8. The molecular formula is C57H51N. The molecule has 58 heavy (non-hydrogen) atoms. The molecule has 0 aromatic heterocycles. The minimum atomic E-state index is -0.194. The van der Waals surface area contributed by atoms with Gasteiger partial charge in [0.2, 0.25) is 0 Å². The predicted octanol–water partition coefficient (Wildman–Crippen LogP) is 15.2. The number of hydrogen-bond acceptors (Lipinski definition) is 1. The van der Waals surface area contributed by atoms with Crippen molar-refractivity contribution in [2.24, 2.45) is 0 Å². The fourth-order valence-electron chi connectivity index (χ4n) is 10.1. The lowest BCUT2D eigenvalue weighted by atomic mass is 9.79. The molecule has 0 saturated heterocycles. The SMILES string of the molecule is Cc1ccc(CC(c2ccc(C)cc2)c2ccc(N(c3ccc(C)cc3)c3cc4c(c5ccccc35)-c3cc5c(cc3C4(C)C)-c3ccccc3C5(C)C)cc2)cc1. The lowest BCUT2D eigenvalue weighted by Crippen LogP contribution is -2.18. The summed E-state index contributed by atoms with van der Waals surface area (Å²) in [4.78, 5) is 2.49. The van der Waals surface area contributed by atoms with Crippen molar-refractivity contribution in [3.05, 3.63) is 219 Å². The Morgan fingerprint density at radius 2 is 0.914 bits per heavy atom. The Balaban J connectivity index is 1.13. The van der Waals surface area contributed by atoms with Gasteiger partial charge in [-0.1, -0.05) is 166 Å². The predicted molar refractivity (Wildman–Crippen MR) is 246 cm³/mol. The summed E-state index contributed by atoms with van der Waals surface area (Å²) in [5, 5.41) is 2.57. The van der Waals surface area contributed by atoms with E-state index in [-0.39, 0.29) is 16.7 Å². The minimum Gasteiger partial charge on any atom is -0.310 e. The molecule has 0 heterocycles. The monoisotopic (exact) mass is 749 g/mol. The van der Waals surface area contributed by atoms with Crippen molar-refractivity contribution in [2.45, 2.75) is 71.6 Å². The summed E-state index contributed by atoms with van der Waals surface area (Å²) in [7, 11) is 0. The smallest absolute Gasteiger partial charge is 0.0543 e. The van der Waals surface area contributed by atoms with Gasteiger partial charge in [-0.25, -0.2) is 0 Å². The van der Waals surface area contributed by atoms with E-state index in [0.717, 1.165) is 17.8 Å². The molecule has 0 spiro atoms. The number of fused-ring (bicyclic) bond motifs is 8. The van der Waals surface area contributed by atoms with E-state index in [4.69, 9.17) is 0 Å². The van der Waals surface area contributed by atoms with Crippen molar-refractivity contribution in [3.8, 4) is 22.3 Å². The van der Waals surface area contributed by atoms with Crippen molar-refractivity contribution in [2.75, 3.05) is 4.90 Å². The van der Waals surface area contributed by atoms with E-state index < -0.39 is 0 Å². The van der Waals surface area contributed by atoms with Crippen molar-refractivity contribution in [1.29, 1.82) is 0 Å². The zero-order valence-corrected chi connectivity index (χ0v) is 34.8. The van der Waals surface area contributed by atoms with E-state index in [1.54, 1.807) is 0 Å². The summed E-state index contributed by atoms with van der Waals surface area (Å²) in [6.45, 7) is 16.1. The highest BCUT2D eigenvalue weighted by molar-refractivity contribution is 6.10. The molecule has 284 valence electrons. The summed E-state index contributed by atoms with van der Waals surface area (Å²) in [6, 6.07) is 62.3. The maximum Gasteiger partial charge on any atom is 0.0543 e. The van der Waals surface area contributed by atoms with Crippen LogP contribution in [0.4, 0.5) is 17.1 Å². The van der Waals surface area contributed by atoms with Gasteiger partial charge in [0.25, 0.3) is 0 Å².